The van der Waals surface area contributed by atoms with E-state index in [1.807, 2.05) is 5.38 Å². The van der Waals surface area contributed by atoms with Crippen LogP contribution in [0.2, 0.25) is 0 Å². The molecule has 4 nitrogen and oxygen atoms in total. The first-order chi connectivity index (χ1) is 10.7. The Labute approximate surface area is 140 Å². The molecule has 1 aliphatic carbocycles. The molecule has 1 aromatic heterocycles. The second-order valence-electron chi connectivity index (χ2n) is 6.25. The molecule has 0 atom stereocenters. The number of methoxy groups -OCH3 is 1. The maximum atomic E-state index is 12.6. The van der Waals surface area contributed by atoms with Crippen LogP contribution in [0.5, 0.6) is 0 Å². The van der Waals surface area contributed by atoms with Gasteiger partial charge in [-0.2, -0.15) is 11.8 Å². The molecule has 122 valence electrons. The van der Waals surface area contributed by atoms with Crippen LogP contribution in [0.4, 0.5) is 0 Å². The summed E-state index contributed by atoms with van der Waals surface area (Å²) < 4.78 is 5.43. The van der Waals surface area contributed by atoms with Crippen molar-refractivity contribution in [2.45, 2.75) is 49.9 Å². The van der Waals surface area contributed by atoms with Crippen LogP contribution in [-0.4, -0.2) is 46.5 Å². The van der Waals surface area contributed by atoms with Crippen molar-refractivity contribution in [1.29, 1.82) is 0 Å². The highest BCUT2D eigenvalue weighted by atomic mass is 32.2. The molecule has 0 bridgehead atoms. The quantitative estimate of drug-likeness (QED) is 0.845. The zero-order valence-corrected chi connectivity index (χ0v) is 14.8. The fraction of sp³-hybridized carbons (Fsp3) is 0.750. The SMILES string of the molecule is COCc1nc(CC(=O)N2CCSC3(CCCCC3)C2)cs1. The molecule has 1 spiro atoms. The monoisotopic (exact) mass is 340 g/mol. The summed E-state index contributed by atoms with van der Waals surface area (Å²) in [4.78, 5) is 19.2. The molecule has 2 aliphatic rings. The second-order valence-corrected chi connectivity index (χ2v) is 8.76. The number of thioether (sulfide) groups is 1. The van der Waals surface area contributed by atoms with Crippen LogP contribution in [0.3, 0.4) is 0 Å². The molecule has 22 heavy (non-hydrogen) atoms. The van der Waals surface area contributed by atoms with Gasteiger partial charge in [0.2, 0.25) is 5.91 Å². The summed E-state index contributed by atoms with van der Waals surface area (Å²) >= 11 is 3.67. The van der Waals surface area contributed by atoms with Gasteiger partial charge in [-0.1, -0.05) is 19.3 Å². The van der Waals surface area contributed by atoms with E-state index in [-0.39, 0.29) is 5.91 Å². The predicted octanol–water partition coefficient (Wildman–Crippen LogP) is 3.11. The fourth-order valence-electron chi connectivity index (χ4n) is 3.44. The van der Waals surface area contributed by atoms with Gasteiger partial charge < -0.3 is 9.64 Å². The highest BCUT2D eigenvalue weighted by Crippen LogP contribution is 2.42. The Morgan fingerprint density at radius 3 is 3.00 bits per heavy atom. The summed E-state index contributed by atoms with van der Waals surface area (Å²) in [5.74, 6) is 1.32. The van der Waals surface area contributed by atoms with Crippen molar-refractivity contribution in [2.24, 2.45) is 0 Å². The number of nitrogens with zero attached hydrogens (tertiary/aromatic N) is 2. The van der Waals surface area contributed by atoms with Crippen LogP contribution in [0, 0.1) is 0 Å². The number of carbonyl (C=O) groups is 1. The molecule has 0 aromatic carbocycles. The minimum absolute atomic E-state index is 0.236. The largest absolute Gasteiger partial charge is 0.378 e. The second kappa shape index (κ2) is 7.32. The Bertz CT molecular complexity index is 506. The number of rotatable bonds is 4. The van der Waals surface area contributed by atoms with Gasteiger partial charge in [0.25, 0.3) is 0 Å². The van der Waals surface area contributed by atoms with Gasteiger partial charge in [0.05, 0.1) is 18.7 Å². The fourth-order valence-corrected chi connectivity index (χ4v) is 5.78. The lowest BCUT2D eigenvalue weighted by atomic mass is 9.87. The van der Waals surface area contributed by atoms with Gasteiger partial charge in [-0.05, 0) is 12.8 Å². The van der Waals surface area contributed by atoms with Crippen molar-refractivity contribution < 1.29 is 9.53 Å². The van der Waals surface area contributed by atoms with E-state index in [0.29, 0.717) is 17.8 Å². The van der Waals surface area contributed by atoms with Crippen molar-refractivity contribution in [2.75, 3.05) is 26.0 Å². The first-order valence-corrected chi connectivity index (χ1v) is 9.91. The van der Waals surface area contributed by atoms with Gasteiger partial charge in [-0.15, -0.1) is 11.3 Å². The number of amides is 1. The van der Waals surface area contributed by atoms with Gasteiger partial charge in [0.15, 0.2) is 0 Å². The number of thiazole rings is 1. The maximum absolute atomic E-state index is 12.6. The molecule has 2 heterocycles. The lowest BCUT2D eigenvalue weighted by Crippen LogP contribution is -2.50. The molecular formula is C16H24N2O2S2. The van der Waals surface area contributed by atoms with Crippen molar-refractivity contribution in [3.63, 3.8) is 0 Å². The van der Waals surface area contributed by atoms with E-state index in [0.717, 1.165) is 29.5 Å². The first kappa shape index (κ1) is 16.3. The third-order valence-corrected chi connectivity index (χ3v) is 6.97. The van der Waals surface area contributed by atoms with E-state index >= 15 is 0 Å². The lowest BCUT2D eigenvalue weighted by Gasteiger charge is -2.44. The van der Waals surface area contributed by atoms with Crippen molar-refractivity contribution in [3.05, 3.63) is 16.1 Å². The molecule has 0 unspecified atom stereocenters. The van der Waals surface area contributed by atoms with Crippen LogP contribution in [0.1, 0.15) is 42.8 Å². The highest BCUT2D eigenvalue weighted by molar-refractivity contribution is 8.00. The number of hydrogen-bond acceptors (Lipinski definition) is 5. The molecule has 1 amide bonds. The van der Waals surface area contributed by atoms with Crippen LogP contribution in [0.25, 0.3) is 0 Å². The smallest absolute Gasteiger partial charge is 0.228 e. The number of hydrogen-bond donors (Lipinski definition) is 0. The lowest BCUT2D eigenvalue weighted by molar-refractivity contribution is -0.131. The maximum Gasteiger partial charge on any atom is 0.228 e. The molecule has 2 fully saturated rings. The molecule has 0 radical (unpaired) electrons. The summed E-state index contributed by atoms with van der Waals surface area (Å²) in [6.45, 7) is 2.36. The van der Waals surface area contributed by atoms with E-state index in [9.17, 15) is 4.79 Å². The zero-order chi connectivity index (χ0) is 15.4. The number of carbonyl (C=O) groups excluding carboxylic acids is 1. The average Bonchev–Trinajstić information content (AvgIpc) is 2.96. The third-order valence-electron chi connectivity index (χ3n) is 4.57. The van der Waals surface area contributed by atoms with E-state index in [2.05, 4.69) is 21.6 Å². The van der Waals surface area contributed by atoms with Crippen LogP contribution >= 0.6 is 23.1 Å². The topological polar surface area (TPSA) is 42.4 Å². The molecule has 1 aliphatic heterocycles. The average molecular weight is 341 g/mol. The molecule has 1 saturated heterocycles. The van der Waals surface area contributed by atoms with Crippen LogP contribution in [-0.2, 0) is 22.6 Å². The summed E-state index contributed by atoms with van der Waals surface area (Å²) in [6, 6.07) is 0. The minimum Gasteiger partial charge on any atom is -0.378 e. The molecule has 3 rings (SSSR count). The summed E-state index contributed by atoms with van der Waals surface area (Å²) in [5.41, 5.74) is 0.887. The molecule has 1 saturated carbocycles. The van der Waals surface area contributed by atoms with Gasteiger partial charge in [-0.25, -0.2) is 4.98 Å². The number of aromatic nitrogens is 1. The Hall–Kier alpha value is -0.590. The van der Waals surface area contributed by atoms with E-state index in [1.54, 1.807) is 18.4 Å². The van der Waals surface area contributed by atoms with Crippen molar-refractivity contribution >= 4 is 29.0 Å². The molecule has 6 heteroatoms. The Morgan fingerprint density at radius 2 is 2.23 bits per heavy atom. The van der Waals surface area contributed by atoms with E-state index in [1.165, 1.54) is 32.1 Å². The minimum atomic E-state index is 0.236. The van der Waals surface area contributed by atoms with E-state index < -0.39 is 0 Å². The van der Waals surface area contributed by atoms with Crippen LogP contribution < -0.4 is 0 Å². The summed E-state index contributed by atoms with van der Waals surface area (Å²) in [5, 5.41) is 2.93. The third kappa shape index (κ3) is 3.84. The Morgan fingerprint density at radius 1 is 1.41 bits per heavy atom. The van der Waals surface area contributed by atoms with E-state index in [4.69, 9.17) is 4.74 Å². The standard InChI is InChI=1S/C16H24N2O2S2/c1-20-10-14-17-13(11-21-14)9-15(19)18-7-8-22-16(12-18)5-3-2-4-6-16/h11H,2-10,12H2,1H3. The summed E-state index contributed by atoms with van der Waals surface area (Å²) in [7, 11) is 1.67. The Balaban J connectivity index is 1.59. The molecular weight excluding hydrogens is 316 g/mol. The van der Waals surface area contributed by atoms with Gasteiger partial charge in [0, 0.05) is 36.1 Å². The predicted molar refractivity (Wildman–Crippen MR) is 91.4 cm³/mol. The zero-order valence-electron chi connectivity index (χ0n) is 13.2. The Kier molecular flexibility index (Phi) is 5.42. The highest BCUT2D eigenvalue weighted by Gasteiger charge is 2.38. The van der Waals surface area contributed by atoms with Crippen molar-refractivity contribution in [1.82, 2.24) is 9.88 Å². The normalized spacial score (nSPS) is 21.2. The summed E-state index contributed by atoms with van der Waals surface area (Å²) in [6.07, 6.45) is 6.98. The van der Waals surface area contributed by atoms with Crippen LogP contribution in [0.15, 0.2) is 5.38 Å². The van der Waals surface area contributed by atoms with Gasteiger partial charge in [0.1, 0.15) is 5.01 Å². The van der Waals surface area contributed by atoms with Gasteiger partial charge >= 0.3 is 0 Å². The van der Waals surface area contributed by atoms with Crippen molar-refractivity contribution in [3.8, 4) is 0 Å². The number of ether oxygens (including phenoxy) is 1. The first-order valence-electron chi connectivity index (χ1n) is 8.05. The van der Waals surface area contributed by atoms with Gasteiger partial charge in [-0.3, -0.25) is 4.79 Å². The molecule has 1 aromatic rings. The molecule has 0 N–H and O–H groups in total.